The minimum atomic E-state index is -3.86. The highest BCUT2D eigenvalue weighted by atomic mass is 32.2. The van der Waals surface area contributed by atoms with Gasteiger partial charge >= 0.3 is 5.97 Å². The number of hydrogen-bond donors (Lipinski definition) is 2. The lowest BCUT2D eigenvalue weighted by atomic mass is 9.84. The summed E-state index contributed by atoms with van der Waals surface area (Å²) in [6.07, 6.45) is 3.14. The maximum atomic E-state index is 13.5. The van der Waals surface area contributed by atoms with Gasteiger partial charge < -0.3 is 10.4 Å². The molecule has 2 atom stereocenters. The van der Waals surface area contributed by atoms with Gasteiger partial charge in [-0.15, -0.1) is 0 Å². The maximum absolute atomic E-state index is 13.5. The second-order valence-corrected chi connectivity index (χ2v) is 12.5. The molecular formula is C29H33N3O5S. The number of nitrogens with one attached hydrogen (secondary N) is 1. The number of carboxylic acid groups (broad SMARTS) is 1. The molecule has 1 amide bonds. The number of piperidine rings is 1. The van der Waals surface area contributed by atoms with E-state index in [-0.39, 0.29) is 41.4 Å². The Bertz CT molecular complexity index is 1480. The Balaban J connectivity index is 1.34. The Morgan fingerprint density at radius 2 is 1.79 bits per heavy atom. The molecule has 5 rings (SSSR count). The van der Waals surface area contributed by atoms with E-state index >= 15 is 0 Å². The number of rotatable bonds is 6. The van der Waals surface area contributed by atoms with Crippen molar-refractivity contribution >= 4 is 32.8 Å². The molecule has 0 bridgehead atoms. The molecule has 3 aromatic rings. The van der Waals surface area contributed by atoms with Crippen molar-refractivity contribution in [2.45, 2.75) is 56.9 Å². The van der Waals surface area contributed by atoms with Crippen molar-refractivity contribution in [1.82, 2.24) is 14.6 Å². The van der Waals surface area contributed by atoms with Gasteiger partial charge in [-0.2, -0.15) is 4.31 Å². The molecule has 1 aliphatic heterocycles. The summed E-state index contributed by atoms with van der Waals surface area (Å²) in [4.78, 5) is 29.9. The molecule has 2 heterocycles. The van der Waals surface area contributed by atoms with Crippen LogP contribution in [0.1, 0.15) is 66.3 Å². The molecule has 9 heteroatoms. The number of pyridine rings is 1. The number of sulfonamides is 1. The van der Waals surface area contributed by atoms with Crippen LogP contribution in [0.4, 0.5) is 0 Å². The second-order valence-electron chi connectivity index (χ2n) is 10.6. The fourth-order valence-corrected chi connectivity index (χ4v) is 7.16. The van der Waals surface area contributed by atoms with Crippen LogP contribution in [0, 0.1) is 11.8 Å². The van der Waals surface area contributed by atoms with E-state index in [2.05, 4.69) is 17.2 Å². The van der Waals surface area contributed by atoms with E-state index in [1.165, 1.54) is 16.4 Å². The molecule has 2 aromatic carbocycles. The summed E-state index contributed by atoms with van der Waals surface area (Å²) in [5, 5.41) is 13.5. The average Bonchev–Trinajstić information content (AvgIpc) is 2.91. The number of nitrogens with zero attached hydrogens (tertiary/aromatic N) is 2. The Hall–Kier alpha value is -3.30. The molecule has 0 unspecified atom stereocenters. The minimum Gasteiger partial charge on any atom is -0.478 e. The summed E-state index contributed by atoms with van der Waals surface area (Å²) in [5.41, 5.74) is 3.19. The zero-order valence-corrected chi connectivity index (χ0v) is 22.5. The van der Waals surface area contributed by atoms with Gasteiger partial charge in [0.25, 0.3) is 0 Å². The number of amides is 1. The molecule has 0 spiro atoms. The van der Waals surface area contributed by atoms with Gasteiger partial charge in [-0.05, 0) is 74.3 Å². The molecule has 1 aliphatic carbocycles. The Kier molecular flexibility index (Phi) is 7.24. The number of aromatic nitrogens is 1. The number of aromatic carboxylic acids is 1. The van der Waals surface area contributed by atoms with E-state index in [4.69, 9.17) is 0 Å². The van der Waals surface area contributed by atoms with E-state index in [0.717, 1.165) is 29.7 Å². The monoisotopic (exact) mass is 535 g/mol. The van der Waals surface area contributed by atoms with Crippen LogP contribution >= 0.6 is 0 Å². The highest BCUT2D eigenvalue weighted by Crippen LogP contribution is 2.33. The van der Waals surface area contributed by atoms with Crippen LogP contribution in [-0.2, 0) is 27.7 Å². The van der Waals surface area contributed by atoms with Crippen molar-refractivity contribution in [3.63, 3.8) is 0 Å². The first-order chi connectivity index (χ1) is 18.1. The van der Waals surface area contributed by atoms with Gasteiger partial charge in [0.15, 0.2) is 0 Å². The van der Waals surface area contributed by atoms with Gasteiger partial charge in [-0.1, -0.05) is 37.3 Å². The van der Waals surface area contributed by atoms with Crippen LogP contribution in [0.25, 0.3) is 10.9 Å². The normalized spacial score (nSPS) is 19.6. The standard InChI is InChI=1S/C29H33N3O5S/c1-18-8-10-25-23(16-18)27(29(34)35)24-17-22(9-11-26(24)31-25)38(36,37)32-14-12-21(13-15-32)28(33)30-19(2)20-6-4-3-5-7-20/h3-7,9,11,17-19,21H,8,10,12-16H2,1-2H3,(H,30,33)(H,34,35)/t18-,19-/m1/s1. The quantitative estimate of drug-likeness (QED) is 0.485. The van der Waals surface area contributed by atoms with Crippen molar-refractivity contribution in [2.75, 3.05) is 13.1 Å². The predicted molar refractivity (Wildman–Crippen MR) is 144 cm³/mol. The Morgan fingerprint density at radius 1 is 1.08 bits per heavy atom. The van der Waals surface area contributed by atoms with Crippen molar-refractivity contribution < 1.29 is 23.1 Å². The first kappa shape index (κ1) is 26.3. The van der Waals surface area contributed by atoms with Gasteiger partial charge in [-0.25, -0.2) is 13.2 Å². The first-order valence-corrected chi connectivity index (χ1v) is 14.6. The summed E-state index contributed by atoms with van der Waals surface area (Å²) >= 11 is 0. The summed E-state index contributed by atoms with van der Waals surface area (Å²) in [6, 6.07) is 14.2. The topological polar surface area (TPSA) is 117 Å². The lowest BCUT2D eigenvalue weighted by molar-refractivity contribution is -0.126. The molecule has 38 heavy (non-hydrogen) atoms. The molecule has 1 fully saturated rings. The van der Waals surface area contributed by atoms with Crippen LogP contribution in [0.15, 0.2) is 53.4 Å². The third kappa shape index (κ3) is 5.05. The summed E-state index contributed by atoms with van der Waals surface area (Å²) < 4.78 is 28.5. The fourth-order valence-electron chi connectivity index (χ4n) is 5.66. The van der Waals surface area contributed by atoms with Crippen LogP contribution in [0.5, 0.6) is 0 Å². The van der Waals surface area contributed by atoms with Gasteiger partial charge in [0.2, 0.25) is 15.9 Å². The van der Waals surface area contributed by atoms with E-state index in [1.54, 1.807) is 6.07 Å². The Morgan fingerprint density at radius 3 is 2.47 bits per heavy atom. The van der Waals surface area contributed by atoms with Crippen molar-refractivity contribution in [1.29, 1.82) is 0 Å². The van der Waals surface area contributed by atoms with Gasteiger partial charge in [0.1, 0.15) is 0 Å². The highest BCUT2D eigenvalue weighted by Gasteiger charge is 2.33. The maximum Gasteiger partial charge on any atom is 0.336 e. The fraction of sp³-hybridized carbons (Fsp3) is 0.414. The van der Waals surface area contributed by atoms with Crippen LogP contribution in [0.3, 0.4) is 0 Å². The van der Waals surface area contributed by atoms with E-state index in [9.17, 15) is 23.1 Å². The smallest absolute Gasteiger partial charge is 0.336 e. The van der Waals surface area contributed by atoms with Crippen molar-refractivity contribution in [3.8, 4) is 0 Å². The first-order valence-electron chi connectivity index (χ1n) is 13.2. The molecule has 2 N–H and O–H groups in total. The third-order valence-electron chi connectivity index (χ3n) is 7.90. The number of aryl methyl sites for hydroxylation is 1. The Labute approximate surface area is 223 Å². The second kappa shape index (κ2) is 10.5. The van der Waals surface area contributed by atoms with E-state index in [0.29, 0.717) is 36.1 Å². The molecular weight excluding hydrogens is 502 g/mol. The zero-order chi connectivity index (χ0) is 27.0. The number of carbonyl (C=O) groups excluding carboxylic acids is 1. The number of carboxylic acids is 1. The molecule has 200 valence electrons. The largest absolute Gasteiger partial charge is 0.478 e. The van der Waals surface area contributed by atoms with Crippen molar-refractivity contribution in [3.05, 3.63) is 70.9 Å². The van der Waals surface area contributed by atoms with Crippen LogP contribution in [0.2, 0.25) is 0 Å². The predicted octanol–water partition coefficient (Wildman–Crippen LogP) is 4.34. The van der Waals surface area contributed by atoms with E-state index in [1.807, 2.05) is 37.3 Å². The molecule has 2 aliphatic rings. The van der Waals surface area contributed by atoms with Gasteiger partial charge in [0, 0.05) is 30.1 Å². The highest BCUT2D eigenvalue weighted by molar-refractivity contribution is 7.89. The van der Waals surface area contributed by atoms with Crippen LogP contribution < -0.4 is 5.32 Å². The van der Waals surface area contributed by atoms with Gasteiger partial charge in [0.05, 0.1) is 22.0 Å². The zero-order valence-electron chi connectivity index (χ0n) is 21.7. The minimum absolute atomic E-state index is 0.0544. The SMILES string of the molecule is C[C@@H]1CCc2nc3ccc(S(=O)(=O)N4CCC(C(=O)N[C@H](C)c5ccccc5)CC4)cc3c(C(=O)O)c2C1. The molecule has 8 nitrogen and oxygen atoms in total. The summed E-state index contributed by atoms with van der Waals surface area (Å²) in [7, 11) is -3.86. The van der Waals surface area contributed by atoms with E-state index < -0.39 is 16.0 Å². The van der Waals surface area contributed by atoms with Gasteiger partial charge in [-0.3, -0.25) is 9.78 Å². The third-order valence-corrected chi connectivity index (χ3v) is 9.80. The number of carbonyl (C=O) groups is 2. The number of benzene rings is 2. The van der Waals surface area contributed by atoms with Crippen LogP contribution in [-0.4, -0.2) is 47.8 Å². The molecule has 0 saturated carbocycles. The van der Waals surface area contributed by atoms with Crippen molar-refractivity contribution in [2.24, 2.45) is 11.8 Å². The summed E-state index contributed by atoms with van der Waals surface area (Å²) in [6.45, 7) is 4.48. The number of fused-ring (bicyclic) bond motifs is 2. The molecule has 1 aromatic heterocycles. The number of hydrogen-bond acceptors (Lipinski definition) is 5. The summed E-state index contributed by atoms with van der Waals surface area (Å²) in [5.74, 6) is -1.05. The average molecular weight is 536 g/mol. The lowest BCUT2D eigenvalue weighted by Crippen LogP contribution is -2.43. The lowest BCUT2D eigenvalue weighted by Gasteiger charge is -2.31. The molecule has 0 radical (unpaired) electrons. The molecule has 1 saturated heterocycles.